The molecule has 2 heterocycles. The lowest BCUT2D eigenvalue weighted by Crippen LogP contribution is -2.39. The van der Waals surface area contributed by atoms with Crippen molar-refractivity contribution in [3.05, 3.63) is 54.0 Å². The Morgan fingerprint density at radius 2 is 2.04 bits per heavy atom. The SMILES string of the molecule is O=C(CNC(=O)c1ccoc1)NCC1CCN(c2ccc(F)c(F)c2)C1. The van der Waals surface area contributed by atoms with Gasteiger partial charge >= 0.3 is 0 Å². The molecule has 0 radical (unpaired) electrons. The number of rotatable bonds is 6. The molecule has 2 aromatic rings. The Labute approximate surface area is 149 Å². The third-order valence-corrected chi connectivity index (χ3v) is 4.33. The van der Waals surface area contributed by atoms with Crippen molar-refractivity contribution >= 4 is 17.5 Å². The number of hydrogen-bond acceptors (Lipinski definition) is 4. The number of halogens is 2. The molecule has 1 aliphatic rings. The minimum atomic E-state index is -0.868. The molecule has 0 bridgehead atoms. The van der Waals surface area contributed by atoms with Gasteiger partial charge in [0.1, 0.15) is 6.26 Å². The quantitative estimate of drug-likeness (QED) is 0.823. The molecule has 138 valence electrons. The summed E-state index contributed by atoms with van der Waals surface area (Å²) < 4.78 is 31.2. The Hall–Kier alpha value is -2.90. The molecule has 1 fully saturated rings. The molecule has 1 unspecified atom stereocenters. The van der Waals surface area contributed by atoms with Crippen LogP contribution in [0.4, 0.5) is 14.5 Å². The van der Waals surface area contributed by atoms with Crippen molar-refractivity contribution in [2.24, 2.45) is 5.92 Å². The van der Waals surface area contributed by atoms with Crippen molar-refractivity contribution in [1.82, 2.24) is 10.6 Å². The van der Waals surface area contributed by atoms with E-state index in [0.29, 0.717) is 30.9 Å². The molecule has 1 atom stereocenters. The highest BCUT2D eigenvalue weighted by atomic mass is 19.2. The fourth-order valence-electron chi connectivity index (χ4n) is 2.89. The van der Waals surface area contributed by atoms with Crippen LogP contribution in [0.15, 0.2) is 41.2 Å². The van der Waals surface area contributed by atoms with Crippen molar-refractivity contribution in [3.63, 3.8) is 0 Å². The molecule has 0 aliphatic carbocycles. The van der Waals surface area contributed by atoms with Gasteiger partial charge in [0, 0.05) is 31.4 Å². The van der Waals surface area contributed by atoms with Crippen LogP contribution in [-0.2, 0) is 4.79 Å². The number of carbonyl (C=O) groups is 2. The van der Waals surface area contributed by atoms with E-state index in [1.165, 1.54) is 24.7 Å². The van der Waals surface area contributed by atoms with E-state index in [1.54, 1.807) is 6.07 Å². The van der Waals surface area contributed by atoms with E-state index >= 15 is 0 Å². The first-order valence-corrected chi connectivity index (χ1v) is 8.30. The van der Waals surface area contributed by atoms with Gasteiger partial charge in [-0.2, -0.15) is 0 Å². The summed E-state index contributed by atoms with van der Waals surface area (Å²) in [5.41, 5.74) is 0.987. The second-order valence-electron chi connectivity index (χ2n) is 6.20. The van der Waals surface area contributed by atoms with Gasteiger partial charge in [-0.1, -0.05) is 0 Å². The van der Waals surface area contributed by atoms with Gasteiger partial charge in [-0.3, -0.25) is 9.59 Å². The molecule has 26 heavy (non-hydrogen) atoms. The van der Waals surface area contributed by atoms with E-state index in [1.807, 2.05) is 4.90 Å². The fourth-order valence-corrected chi connectivity index (χ4v) is 2.89. The van der Waals surface area contributed by atoms with Crippen molar-refractivity contribution in [3.8, 4) is 0 Å². The summed E-state index contributed by atoms with van der Waals surface area (Å²) in [4.78, 5) is 25.5. The van der Waals surface area contributed by atoms with Crippen LogP contribution >= 0.6 is 0 Å². The number of nitrogens with one attached hydrogen (secondary N) is 2. The van der Waals surface area contributed by atoms with Crippen LogP contribution in [0.3, 0.4) is 0 Å². The molecule has 3 rings (SSSR count). The normalized spacial score (nSPS) is 16.5. The molecule has 0 saturated carbocycles. The van der Waals surface area contributed by atoms with E-state index in [0.717, 1.165) is 12.5 Å². The monoisotopic (exact) mass is 363 g/mol. The van der Waals surface area contributed by atoms with Crippen molar-refractivity contribution in [1.29, 1.82) is 0 Å². The maximum atomic E-state index is 13.3. The maximum Gasteiger partial charge on any atom is 0.254 e. The number of anilines is 1. The van der Waals surface area contributed by atoms with Crippen LogP contribution in [0.25, 0.3) is 0 Å². The molecule has 1 aromatic heterocycles. The standard InChI is InChI=1S/C18H19F2N3O3/c19-15-2-1-14(7-16(15)20)23-5-3-12(10-23)8-21-17(24)9-22-18(25)13-4-6-26-11-13/h1-2,4,6-7,11-12H,3,5,8-10H2,(H,21,24)(H,22,25). The van der Waals surface area contributed by atoms with Gasteiger partial charge < -0.3 is 20.0 Å². The van der Waals surface area contributed by atoms with E-state index in [4.69, 9.17) is 4.42 Å². The zero-order valence-corrected chi connectivity index (χ0v) is 14.0. The molecular weight excluding hydrogens is 344 g/mol. The average Bonchev–Trinajstić information content (AvgIpc) is 3.32. The molecule has 2 amide bonds. The number of carbonyl (C=O) groups excluding carboxylic acids is 2. The van der Waals surface area contributed by atoms with Crippen LogP contribution in [0, 0.1) is 17.6 Å². The van der Waals surface area contributed by atoms with Crippen LogP contribution in [0.2, 0.25) is 0 Å². The third-order valence-electron chi connectivity index (χ3n) is 4.33. The molecule has 1 aromatic carbocycles. The summed E-state index contributed by atoms with van der Waals surface area (Å²) in [6.07, 6.45) is 3.52. The first-order valence-electron chi connectivity index (χ1n) is 8.30. The number of benzene rings is 1. The van der Waals surface area contributed by atoms with E-state index in [-0.39, 0.29) is 24.3 Å². The average molecular weight is 363 g/mol. The second kappa shape index (κ2) is 7.99. The van der Waals surface area contributed by atoms with Crippen LogP contribution in [-0.4, -0.2) is 38.0 Å². The van der Waals surface area contributed by atoms with E-state index < -0.39 is 11.6 Å². The van der Waals surface area contributed by atoms with Gasteiger partial charge in [0.15, 0.2) is 11.6 Å². The Bertz CT molecular complexity index is 780. The van der Waals surface area contributed by atoms with Crippen LogP contribution in [0.5, 0.6) is 0 Å². The molecule has 0 spiro atoms. The van der Waals surface area contributed by atoms with Crippen molar-refractivity contribution in [2.45, 2.75) is 6.42 Å². The minimum absolute atomic E-state index is 0.121. The number of amides is 2. The van der Waals surface area contributed by atoms with Gasteiger partial charge in [0.05, 0.1) is 18.4 Å². The summed E-state index contributed by atoms with van der Waals surface area (Å²) in [6, 6.07) is 5.35. The lowest BCUT2D eigenvalue weighted by molar-refractivity contribution is -0.120. The summed E-state index contributed by atoms with van der Waals surface area (Å²) in [6.45, 7) is 1.69. The van der Waals surface area contributed by atoms with Gasteiger partial charge in [0.25, 0.3) is 5.91 Å². The third kappa shape index (κ3) is 4.38. The van der Waals surface area contributed by atoms with Gasteiger partial charge in [-0.15, -0.1) is 0 Å². The number of nitrogens with zero attached hydrogens (tertiary/aromatic N) is 1. The van der Waals surface area contributed by atoms with Crippen molar-refractivity contribution < 1.29 is 22.8 Å². The summed E-state index contributed by atoms with van der Waals surface area (Å²) in [5.74, 6) is -2.19. The smallest absolute Gasteiger partial charge is 0.254 e. The Morgan fingerprint density at radius 3 is 2.77 bits per heavy atom. The molecule has 1 aliphatic heterocycles. The zero-order chi connectivity index (χ0) is 18.5. The molecule has 6 nitrogen and oxygen atoms in total. The summed E-state index contributed by atoms with van der Waals surface area (Å²) >= 11 is 0. The van der Waals surface area contributed by atoms with Crippen molar-refractivity contribution in [2.75, 3.05) is 31.1 Å². The highest BCUT2D eigenvalue weighted by Gasteiger charge is 2.23. The highest BCUT2D eigenvalue weighted by Crippen LogP contribution is 2.24. The van der Waals surface area contributed by atoms with Gasteiger partial charge in [-0.05, 0) is 30.5 Å². The highest BCUT2D eigenvalue weighted by molar-refractivity contribution is 5.96. The van der Waals surface area contributed by atoms with Gasteiger partial charge in [0.2, 0.25) is 5.91 Å². The first kappa shape index (κ1) is 17.9. The molecular formula is C18H19F2N3O3. The Balaban J connectivity index is 1.40. The number of hydrogen-bond donors (Lipinski definition) is 2. The summed E-state index contributed by atoms with van der Waals surface area (Å²) in [5, 5.41) is 5.29. The summed E-state index contributed by atoms with van der Waals surface area (Å²) in [7, 11) is 0. The zero-order valence-electron chi connectivity index (χ0n) is 14.0. The Morgan fingerprint density at radius 1 is 1.19 bits per heavy atom. The molecule has 1 saturated heterocycles. The fraction of sp³-hybridized carbons (Fsp3) is 0.333. The second-order valence-corrected chi connectivity index (χ2v) is 6.20. The van der Waals surface area contributed by atoms with Crippen LogP contribution < -0.4 is 15.5 Å². The van der Waals surface area contributed by atoms with Gasteiger partial charge in [-0.25, -0.2) is 8.78 Å². The van der Waals surface area contributed by atoms with E-state index in [2.05, 4.69) is 10.6 Å². The Kier molecular flexibility index (Phi) is 5.50. The lowest BCUT2D eigenvalue weighted by atomic mass is 10.1. The number of furan rings is 1. The molecule has 2 N–H and O–H groups in total. The van der Waals surface area contributed by atoms with Crippen LogP contribution in [0.1, 0.15) is 16.8 Å². The topological polar surface area (TPSA) is 74.6 Å². The predicted molar refractivity (Wildman–Crippen MR) is 90.7 cm³/mol. The largest absolute Gasteiger partial charge is 0.472 e. The lowest BCUT2D eigenvalue weighted by Gasteiger charge is -2.19. The van der Waals surface area contributed by atoms with E-state index in [9.17, 15) is 18.4 Å². The predicted octanol–water partition coefficient (Wildman–Crippen LogP) is 1.93. The first-order chi connectivity index (χ1) is 12.5. The maximum absolute atomic E-state index is 13.3. The minimum Gasteiger partial charge on any atom is -0.472 e. The molecule has 8 heteroatoms.